The largest absolute Gasteiger partial charge is 0.370 e. The second-order valence-electron chi connectivity index (χ2n) is 4.78. The van der Waals surface area contributed by atoms with E-state index in [0.717, 1.165) is 24.5 Å². The average Bonchev–Trinajstić information content (AvgIpc) is 2.37. The van der Waals surface area contributed by atoms with Gasteiger partial charge in [-0.15, -0.1) is 0 Å². The van der Waals surface area contributed by atoms with Crippen LogP contribution in [0.1, 0.15) is 32.1 Å². The molecule has 5 heteroatoms. The molecular formula is C14H20ClN3O. The lowest BCUT2D eigenvalue weighted by molar-refractivity contribution is 0.240. The smallest absolute Gasteiger partial charge is 0.113 e. The summed E-state index contributed by atoms with van der Waals surface area (Å²) < 4.78 is 0. The minimum atomic E-state index is 0.716. The van der Waals surface area contributed by atoms with E-state index >= 15 is 0 Å². The zero-order chi connectivity index (χ0) is 13.5. The average molecular weight is 282 g/mol. The number of halogens is 1. The number of benzene rings is 1. The number of anilines is 1. The van der Waals surface area contributed by atoms with Crippen molar-refractivity contribution in [3.63, 3.8) is 0 Å². The summed E-state index contributed by atoms with van der Waals surface area (Å²) in [5.41, 5.74) is 3.69. The Labute approximate surface area is 119 Å². The zero-order valence-electron chi connectivity index (χ0n) is 11.0. The van der Waals surface area contributed by atoms with Crippen LogP contribution >= 0.6 is 11.6 Å². The first-order chi connectivity index (χ1) is 9.31. The molecular weight excluding hydrogens is 262 g/mol. The van der Waals surface area contributed by atoms with E-state index in [4.69, 9.17) is 16.8 Å². The molecule has 1 aliphatic heterocycles. The van der Waals surface area contributed by atoms with Crippen LogP contribution in [0.3, 0.4) is 0 Å². The van der Waals surface area contributed by atoms with Gasteiger partial charge in [0, 0.05) is 13.1 Å². The van der Waals surface area contributed by atoms with Crippen molar-refractivity contribution in [1.82, 2.24) is 5.48 Å². The Hall–Kier alpha value is -1.26. The fourth-order valence-corrected chi connectivity index (χ4v) is 2.72. The maximum absolute atomic E-state index is 8.47. The van der Waals surface area contributed by atoms with E-state index in [1.54, 1.807) is 0 Å². The lowest BCUT2D eigenvalue weighted by atomic mass is 10.1. The second kappa shape index (κ2) is 7.36. The molecule has 0 bridgehead atoms. The summed E-state index contributed by atoms with van der Waals surface area (Å²) >= 11 is 6.34. The van der Waals surface area contributed by atoms with Crippen LogP contribution in [-0.4, -0.2) is 24.6 Å². The number of nitrogens with zero attached hydrogens (tertiary/aromatic N) is 2. The second-order valence-corrected chi connectivity index (χ2v) is 5.19. The van der Waals surface area contributed by atoms with Crippen LogP contribution in [0.15, 0.2) is 23.2 Å². The topological polar surface area (TPSA) is 47.9 Å². The molecule has 19 heavy (non-hydrogen) atoms. The Morgan fingerprint density at radius 1 is 1.16 bits per heavy atom. The lowest BCUT2D eigenvalue weighted by Crippen LogP contribution is -2.27. The number of nitrogens with one attached hydrogen (secondary N) is 1. The highest BCUT2D eigenvalue weighted by Crippen LogP contribution is 2.31. The molecule has 1 aromatic carbocycles. The highest BCUT2D eigenvalue weighted by molar-refractivity contribution is 6.33. The van der Waals surface area contributed by atoms with Crippen molar-refractivity contribution in [1.29, 1.82) is 0 Å². The van der Waals surface area contributed by atoms with Gasteiger partial charge < -0.3 is 4.90 Å². The third-order valence-corrected chi connectivity index (χ3v) is 3.70. The van der Waals surface area contributed by atoms with Gasteiger partial charge in [0.25, 0.3) is 0 Å². The van der Waals surface area contributed by atoms with Gasteiger partial charge in [-0.1, -0.05) is 30.9 Å². The van der Waals surface area contributed by atoms with Gasteiger partial charge in [-0.05, 0) is 31.0 Å². The summed E-state index contributed by atoms with van der Waals surface area (Å²) in [6.07, 6.45) is 7.64. The molecule has 4 nitrogen and oxygen atoms in total. The normalized spacial score (nSPS) is 17.3. The van der Waals surface area contributed by atoms with E-state index < -0.39 is 0 Å². The minimum absolute atomic E-state index is 0.716. The number of hydrogen-bond acceptors (Lipinski definition) is 3. The van der Waals surface area contributed by atoms with Crippen LogP contribution in [-0.2, 0) is 0 Å². The van der Waals surface area contributed by atoms with E-state index in [0.29, 0.717) is 5.02 Å². The molecule has 1 heterocycles. The van der Waals surface area contributed by atoms with Crippen molar-refractivity contribution in [2.45, 2.75) is 32.1 Å². The number of hydrogen-bond donors (Lipinski definition) is 2. The number of rotatable bonds is 3. The first-order valence-corrected chi connectivity index (χ1v) is 7.16. The van der Waals surface area contributed by atoms with Gasteiger partial charge >= 0.3 is 0 Å². The summed E-state index contributed by atoms with van der Waals surface area (Å²) in [6.45, 7) is 2.14. The molecule has 0 amide bonds. The van der Waals surface area contributed by atoms with E-state index in [1.807, 2.05) is 23.7 Å². The third kappa shape index (κ3) is 4.11. The highest BCUT2D eigenvalue weighted by atomic mass is 35.5. The lowest BCUT2D eigenvalue weighted by Gasteiger charge is -2.27. The Morgan fingerprint density at radius 3 is 2.47 bits per heavy atom. The van der Waals surface area contributed by atoms with E-state index in [-0.39, 0.29) is 0 Å². The molecule has 0 radical (unpaired) electrons. The SMILES string of the molecule is ONC=Nc1ccc(N2CCCCCCC2)c(Cl)c1. The molecule has 1 saturated heterocycles. The summed E-state index contributed by atoms with van der Waals surface area (Å²) in [5, 5.41) is 9.19. The van der Waals surface area contributed by atoms with Crippen molar-refractivity contribution < 1.29 is 5.21 Å². The molecule has 0 unspecified atom stereocenters. The van der Waals surface area contributed by atoms with E-state index in [1.165, 1.54) is 38.4 Å². The Kier molecular flexibility index (Phi) is 5.48. The highest BCUT2D eigenvalue weighted by Gasteiger charge is 2.12. The van der Waals surface area contributed by atoms with Crippen LogP contribution in [0.4, 0.5) is 11.4 Å². The Morgan fingerprint density at radius 2 is 1.84 bits per heavy atom. The monoisotopic (exact) mass is 281 g/mol. The maximum atomic E-state index is 8.47. The van der Waals surface area contributed by atoms with Crippen LogP contribution in [0, 0.1) is 0 Å². The van der Waals surface area contributed by atoms with Crippen LogP contribution in [0.25, 0.3) is 0 Å². The van der Waals surface area contributed by atoms with Crippen molar-refractivity contribution in [2.24, 2.45) is 4.99 Å². The fourth-order valence-electron chi connectivity index (χ4n) is 2.42. The van der Waals surface area contributed by atoms with Gasteiger partial charge in [0.15, 0.2) is 0 Å². The van der Waals surface area contributed by atoms with Gasteiger partial charge in [-0.25, -0.2) is 4.99 Å². The Balaban J connectivity index is 2.12. The van der Waals surface area contributed by atoms with E-state index in [9.17, 15) is 0 Å². The molecule has 0 saturated carbocycles. The summed E-state index contributed by atoms with van der Waals surface area (Å²) in [7, 11) is 0. The minimum Gasteiger partial charge on any atom is -0.370 e. The predicted octanol–water partition coefficient (Wildman–Crippen LogP) is 3.75. The van der Waals surface area contributed by atoms with Crippen molar-refractivity contribution >= 4 is 29.3 Å². The number of aliphatic imine (C=N–C) groups is 1. The molecule has 1 fully saturated rings. The fraction of sp³-hybridized carbons (Fsp3) is 0.500. The van der Waals surface area contributed by atoms with Crippen LogP contribution in [0.5, 0.6) is 0 Å². The van der Waals surface area contributed by atoms with Crippen molar-refractivity contribution in [2.75, 3.05) is 18.0 Å². The summed E-state index contributed by atoms with van der Waals surface area (Å²) in [6, 6.07) is 5.74. The summed E-state index contributed by atoms with van der Waals surface area (Å²) in [5.74, 6) is 0. The summed E-state index contributed by atoms with van der Waals surface area (Å²) in [4.78, 5) is 6.38. The van der Waals surface area contributed by atoms with Gasteiger partial charge in [0.2, 0.25) is 0 Å². The van der Waals surface area contributed by atoms with E-state index in [2.05, 4.69) is 9.89 Å². The molecule has 2 rings (SSSR count). The van der Waals surface area contributed by atoms with Gasteiger partial charge in [0.1, 0.15) is 6.34 Å². The first-order valence-electron chi connectivity index (χ1n) is 6.78. The van der Waals surface area contributed by atoms with Crippen molar-refractivity contribution in [3.8, 4) is 0 Å². The van der Waals surface area contributed by atoms with Crippen molar-refractivity contribution in [3.05, 3.63) is 23.2 Å². The quantitative estimate of drug-likeness (QED) is 0.504. The third-order valence-electron chi connectivity index (χ3n) is 3.40. The molecule has 104 valence electrons. The Bertz CT molecular complexity index is 429. The van der Waals surface area contributed by atoms with Crippen LogP contribution < -0.4 is 10.4 Å². The first kappa shape index (κ1) is 14.2. The molecule has 1 aromatic rings. The molecule has 0 atom stereocenters. The molecule has 1 aliphatic rings. The van der Waals surface area contributed by atoms with Gasteiger partial charge in [-0.3, -0.25) is 10.7 Å². The predicted molar refractivity (Wildman–Crippen MR) is 79.8 cm³/mol. The number of hydroxylamine groups is 1. The standard InChI is InChI=1S/C14H20ClN3O/c15-13-10-12(16-11-17-19)6-7-14(13)18-8-4-2-1-3-5-9-18/h6-7,10-11,19H,1-5,8-9H2,(H,16,17). The van der Waals surface area contributed by atoms with Crippen LogP contribution in [0.2, 0.25) is 5.02 Å². The maximum Gasteiger partial charge on any atom is 0.113 e. The zero-order valence-corrected chi connectivity index (χ0v) is 11.7. The van der Waals surface area contributed by atoms with Gasteiger partial charge in [0.05, 0.1) is 16.4 Å². The molecule has 0 aliphatic carbocycles. The molecule has 0 spiro atoms. The molecule has 2 N–H and O–H groups in total. The van der Waals surface area contributed by atoms with Gasteiger partial charge in [-0.2, -0.15) is 0 Å². The molecule has 0 aromatic heterocycles.